The summed E-state index contributed by atoms with van der Waals surface area (Å²) in [5, 5.41) is 10.9. The van der Waals surface area contributed by atoms with Gasteiger partial charge in [0.2, 0.25) is 17.7 Å². The highest BCUT2D eigenvalue weighted by Gasteiger charge is 2.10. The quantitative estimate of drug-likeness (QED) is 0.743. The molecule has 0 unspecified atom stereocenters. The average molecular weight is 337 g/mol. The number of anilines is 1. The van der Waals surface area contributed by atoms with E-state index >= 15 is 0 Å². The number of carbonyl (C=O) groups excluding carboxylic acids is 1. The first kappa shape index (κ1) is 16.7. The van der Waals surface area contributed by atoms with Crippen molar-refractivity contribution >= 4 is 11.6 Å². The summed E-state index contributed by atoms with van der Waals surface area (Å²) in [5.41, 5.74) is 2.75. The van der Waals surface area contributed by atoms with Gasteiger partial charge in [0.15, 0.2) is 0 Å². The lowest BCUT2D eigenvalue weighted by Gasteiger charge is -2.05. The normalized spacial score (nSPS) is 10.5. The molecule has 1 N–H and O–H groups in total. The number of benzene rings is 2. The number of methoxy groups -OCH3 is 1. The number of nitrogens with zero attached hydrogens (tertiary/aromatic N) is 2. The van der Waals surface area contributed by atoms with E-state index < -0.39 is 0 Å². The molecule has 25 heavy (non-hydrogen) atoms. The molecule has 0 spiro atoms. The third-order valence-electron chi connectivity index (χ3n) is 3.71. The van der Waals surface area contributed by atoms with Crippen LogP contribution >= 0.6 is 0 Å². The van der Waals surface area contributed by atoms with Gasteiger partial charge in [-0.15, -0.1) is 10.2 Å². The molecule has 0 bridgehead atoms. The van der Waals surface area contributed by atoms with Crippen LogP contribution in [0, 0.1) is 6.92 Å². The number of aryl methyl sites for hydroxylation is 2. The molecule has 0 radical (unpaired) electrons. The molecule has 1 aromatic heterocycles. The topological polar surface area (TPSA) is 77.2 Å². The molecule has 6 nitrogen and oxygen atoms in total. The number of rotatable bonds is 6. The standard InChI is InChI=1S/C19H19N3O3/c1-13-3-5-14(6-4-13)19-22-21-18(25-19)12-11-17(23)20-15-7-9-16(24-2)10-8-15/h3-10H,11-12H2,1-2H3,(H,20,23). The smallest absolute Gasteiger partial charge is 0.247 e. The summed E-state index contributed by atoms with van der Waals surface area (Å²) in [4.78, 5) is 12.0. The van der Waals surface area contributed by atoms with Crippen molar-refractivity contribution in [2.45, 2.75) is 19.8 Å². The third kappa shape index (κ3) is 4.44. The van der Waals surface area contributed by atoms with Crippen molar-refractivity contribution in [3.63, 3.8) is 0 Å². The second kappa shape index (κ2) is 7.61. The summed E-state index contributed by atoms with van der Waals surface area (Å²) in [7, 11) is 1.60. The molecule has 3 rings (SSSR count). The number of hydrogen-bond donors (Lipinski definition) is 1. The van der Waals surface area contributed by atoms with Gasteiger partial charge in [-0.05, 0) is 43.3 Å². The van der Waals surface area contributed by atoms with E-state index in [0.29, 0.717) is 18.2 Å². The van der Waals surface area contributed by atoms with Crippen LogP contribution in [0.25, 0.3) is 11.5 Å². The van der Waals surface area contributed by atoms with Crippen LogP contribution in [0.4, 0.5) is 5.69 Å². The Morgan fingerprint density at radius 3 is 2.48 bits per heavy atom. The van der Waals surface area contributed by atoms with E-state index in [9.17, 15) is 4.79 Å². The minimum atomic E-state index is -0.111. The Bertz CT molecular complexity index is 839. The van der Waals surface area contributed by atoms with E-state index in [4.69, 9.17) is 9.15 Å². The third-order valence-corrected chi connectivity index (χ3v) is 3.71. The number of aromatic nitrogens is 2. The molecule has 0 saturated heterocycles. The molecule has 0 atom stereocenters. The lowest BCUT2D eigenvalue weighted by molar-refractivity contribution is -0.116. The zero-order chi connectivity index (χ0) is 17.6. The van der Waals surface area contributed by atoms with E-state index in [2.05, 4.69) is 15.5 Å². The molecule has 6 heteroatoms. The number of amides is 1. The predicted molar refractivity (Wildman–Crippen MR) is 94.4 cm³/mol. The zero-order valence-electron chi connectivity index (χ0n) is 14.2. The van der Waals surface area contributed by atoms with Crippen LogP contribution in [0.1, 0.15) is 17.9 Å². The number of hydrogen-bond acceptors (Lipinski definition) is 5. The van der Waals surface area contributed by atoms with Gasteiger partial charge in [-0.3, -0.25) is 4.79 Å². The van der Waals surface area contributed by atoms with E-state index in [0.717, 1.165) is 17.0 Å². The van der Waals surface area contributed by atoms with Crippen molar-refractivity contribution in [2.75, 3.05) is 12.4 Å². The van der Waals surface area contributed by atoms with Crippen LogP contribution in [0.3, 0.4) is 0 Å². The Morgan fingerprint density at radius 1 is 1.08 bits per heavy atom. The first-order valence-electron chi connectivity index (χ1n) is 7.97. The molecule has 0 fully saturated rings. The van der Waals surface area contributed by atoms with Crippen molar-refractivity contribution in [3.8, 4) is 17.2 Å². The van der Waals surface area contributed by atoms with Gasteiger partial charge in [0.1, 0.15) is 5.75 Å². The Hall–Kier alpha value is -3.15. The molecule has 1 heterocycles. The SMILES string of the molecule is COc1ccc(NC(=O)CCc2nnc(-c3ccc(C)cc3)o2)cc1. The number of ether oxygens (including phenoxy) is 1. The molecule has 0 aliphatic rings. The summed E-state index contributed by atoms with van der Waals surface area (Å²) < 4.78 is 10.7. The van der Waals surface area contributed by atoms with Gasteiger partial charge in [-0.1, -0.05) is 17.7 Å². The Kier molecular flexibility index (Phi) is 5.09. The Balaban J connectivity index is 1.54. The van der Waals surface area contributed by atoms with E-state index in [-0.39, 0.29) is 12.3 Å². The van der Waals surface area contributed by atoms with Crippen LogP contribution in [0.2, 0.25) is 0 Å². The molecule has 3 aromatic rings. The van der Waals surface area contributed by atoms with Crippen LogP contribution in [-0.4, -0.2) is 23.2 Å². The van der Waals surface area contributed by atoms with Gasteiger partial charge in [-0.25, -0.2) is 0 Å². The zero-order valence-corrected chi connectivity index (χ0v) is 14.2. The van der Waals surface area contributed by atoms with Crippen LogP contribution < -0.4 is 10.1 Å². The first-order chi connectivity index (χ1) is 12.1. The summed E-state index contributed by atoms with van der Waals surface area (Å²) >= 11 is 0. The van der Waals surface area contributed by atoms with Gasteiger partial charge in [-0.2, -0.15) is 0 Å². The summed E-state index contributed by atoms with van der Waals surface area (Å²) in [6, 6.07) is 15.0. The first-order valence-corrected chi connectivity index (χ1v) is 7.97. The number of carbonyl (C=O) groups is 1. The van der Waals surface area contributed by atoms with Gasteiger partial charge in [0.25, 0.3) is 0 Å². The van der Waals surface area contributed by atoms with Crippen molar-refractivity contribution in [2.24, 2.45) is 0 Å². The average Bonchev–Trinajstić information content (AvgIpc) is 3.10. The van der Waals surface area contributed by atoms with Crippen molar-refractivity contribution in [1.82, 2.24) is 10.2 Å². The van der Waals surface area contributed by atoms with Crippen molar-refractivity contribution in [1.29, 1.82) is 0 Å². The molecular formula is C19H19N3O3. The lowest BCUT2D eigenvalue weighted by atomic mass is 10.1. The molecule has 0 aliphatic heterocycles. The molecular weight excluding hydrogens is 318 g/mol. The van der Waals surface area contributed by atoms with Crippen LogP contribution in [0.15, 0.2) is 52.9 Å². The van der Waals surface area contributed by atoms with Crippen molar-refractivity contribution < 1.29 is 13.9 Å². The highest BCUT2D eigenvalue weighted by atomic mass is 16.5. The second-order valence-corrected chi connectivity index (χ2v) is 5.64. The molecule has 0 aliphatic carbocycles. The summed E-state index contributed by atoms with van der Waals surface area (Å²) in [6.07, 6.45) is 0.655. The largest absolute Gasteiger partial charge is 0.497 e. The highest BCUT2D eigenvalue weighted by molar-refractivity contribution is 5.90. The maximum atomic E-state index is 12.0. The fraction of sp³-hybridized carbons (Fsp3) is 0.211. The molecule has 1 amide bonds. The van der Waals surface area contributed by atoms with Crippen molar-refractivity contribution in [3.05, 3.63) is 60.0 Å². The fourth-order valence-corrected chi connectivity index (χ4v) is 2.29. The van der Waals surface area contributed by atoms with Gasteiger partial charge >= 0.3 is 0 Å². The van der Waals surface area contributed by atoms with E-state index in [1.807, 2.05) is 31.2 Å². The summed E-state index contributed by atoms with van der Waals surface area (Å²) in [5.74, 6) is 1.54. The Labute approximate surface area is 145 Å². The van der Waals surface area contributed by atoms with Gasteiger partial charge in [0.05, 0.1) is 7.11 Å². The Morgan fingerprint density at radius 2 is 1.80 bits per heavy atom. The second-order valence-electron chi connectivity index (χ2n) is 5.64. The fourth-order valence-electron chi connectivity index (χ4n) is 2.29. The maximum absolute atomic E-state index is 12.0. The summed E-state index contributed by atoms with van der Waals surface area (Å²) in [6.45, 7) is 2.02. The van der Waals surface area contributed by atoms with Crippen LogP contribution in [-0.2, 0) is 11.2 Å². The van der Waals surface area contributed by atoms with E-state index in [1.54, 1.807) is 31.4 Å². The molecule has 2 aromatic carbocycles. The molecule has 128 valence electrons. The maximum Gasteiger partial charge on any atom is 0.247 e. The number of nitrogens with one attached hydrogen (secondary N) is 1. The predicted octanol–water partition coefficient (Wildman–Crippen LogP) is 3.62. The monoisotopic (exact) mass is 337 g/mol. The van der Waals surface area contributed by atoms with E-state index in [1.165, 1.54) is 5.56 Å². The van der Waals surface area contributed by atoms with Gasteiger partial charge < -0.3 is 14.5 Å². The molecule has 0 saturated carbocycles. The minimum Gasteiger partial charge on any atom is -0.497 e. The minimum absolute atomic E-state index is 0.111. The van der Waals surface area contributed by atoms with Gasteiger partial charge in [0, 0.05) is 24.1 Å². The highest BCUT2D eigenvalue weighted by Crippen LogP contribution is 2.19. The van der Waals surface area contributed by atoms with Crippen LogP contribution in [0.5, 0.6) is 5.75 Å². The lowest BCUT2D eigenvalue weighted by Crippen LogP contribution is -2.12.